The third kappa shape index (κ3) is 2.63. The van der Waals surface area contributed by atoms with E-state index in [2.05, 4.69) is 0 Å². The summed E-state index contributed by atoms with van der Waals surface area (Å²) in [5.41, 5.74) is 0. The number of benzene rings is 2. The van der Waals surface area contributed by atoms with Gasteiger partial charge in [0.1, 0.15) is 18.1 Å². The molecule has 98 valence electrons. The summed E-state index contributed by atoms with van der Waals surface area (Å²) >= 11 is 0. The Bertz CT molecular complexity index is 553. The van der Waals surface area contributed by atoms with Gasteiger partial charge in [-0.25, -0.2) is 0 Å². The topological polar surface area (TPSA) is 47.9 Å². The Labute approximate surface area is 111 Å². The molecule has 0 amide bonds. The Morgan fingerprint density at radius 3 is 2.68 bits per heavy atom. The number of aliphatic hydroxyl groups is 1. The second-order valence-electron chi connectivity index (χ2n) is 4.26. The van der Waals surface area contributed by atoms with Crippen LogP contribution in [0.2, 0.25) is 0 Å². The van der Waals surface area contributed by atoms with Gasteiger partial charge in [0, 0.05) is 6.07 Å². The fourth-order valence-electron chi connectivity index (χ4n) is 1.87. The molecule has 2 aromatic rings. The molecular formula is C15H14O4. The predicted molar refractivity (Wildman–Crippen MR) is 70.0 cm³/mol. The molecule has 19 heavy (non-hydrogen) atoms. The van der Waals surface area contributed by atoms with E-state index in [9.17, 15) is 0 Å². The summed E-state index contributed by atoms with van der Waals surface area (Å²) in [5, 5.41) is 9.08. The summed E-state index contributed by atoms with van der Waals surface area (Å²) in [7, 11) is 0. The summed E-state index contributed by atoms with van der Waals surface area (Å²) in [6, 6.07) is 14.9. The Morgan fingerprint density at radius 1 is 1.05 bits per heavy atom. The largest absolute Gasteiger partial charge is 0.486 e. The van der Waals surface area contributed by atoms with Crippen molar-refractivity contribution in [2.45, 2.75) is 6.10 Å². The molecule has 0 bridgehead atoms. The van der Waals surface area contributed by atoms with Crippen LogP contribution in [0.5, 0.6) is 23.0 Å². The van der Waals surface area contributed by atoms with Gasteiger partial charge in [-0.1, -0.05) is 18.2 Å². The van der Waals surface area contributed by atoms with Gasteiger partial charge in [-0.15, -0.1) is 0 Å². The van der Waals surface area contributed by atoms with Gasteiger partial charge in [-0.05, 0) is 24.3 Å². The fraction of sp³-hybridized carbons (Fsp3) is 0.200. The molecule has 0 saturated carbocycles. The molecule has 4 nitrogen and oxygen atoms in total. The molecular weight excluding hydrogens is 244 g/mol. The summed E-state index contributed by atoms with van der Waals surface area (Å²) in [6.45, 7) is 0.297. The number of para-hydroxylation sites is 1. The van der Waals surface area contributed by atoms with Crippen molar-refractivity contribution in [3.63, 3.8) is 0 Å². The van der Waals surface area contributed by atoms with Crippen LogP contribution in [0.3, 0.4) is 0 Å². The van der Waals surface area contributed by atoms with E-state index in [1.54, 1.807) is 12.1 Å². The normalized spacial score (nSPS) is 17.0. The molecule has 1 N–H and O–H groups in total. The molecule has 1 aliphatic rings. The van der Waals surface area contributed by atoms with Crippen molar-refractivity contribution in [2.75, 3.05) is 13.2 Å². The van der Waals surface area contributed by atoms with Crippen LogP contribution in [0, 0.1) is 0 Å². The predicted octanol–water partition coefficient (Wildman–Crippen LogP) is 2.61. The minimum absolute atomic E-state index is 0.0663. The lowest BCUT2D eigenvalue weighted by Gasteiger charge is -2.25. The van der Waals surface area contributed by atoms with Crippen molar-refractivity contribution in [3.05, 3.63) is 48.5 Å². The smallest absolute Gasteiger partial charge is 0.165 e. The summed E-state index contributed by atoms with van der Waals surface area (Å²) in [6.07, 6.45) is -0.320. The van der Waals surface area contributed by atoms with Crippen LogP contribution in [0.1, 0.15) is 0 Å². The summed E-state index contributed by atoms with van der Waals surface area (Å²) < 4.78 is 16.8. The van der Waals surface area contributed by atoms with Gasteiger partial charge in [-0.3, -0.25) is 0 Å². The molecule has 3 rings (SSSR count). The van der Waals surface area contributed by atoms with Gasteiger partial charge >= 0.3 is 0 Å². The molecule has 2 aromatic carbocycles. The van der Waals surface area contributed by atoms with Gasteiger partial charge in [-0.2, -0.15) is 0 Å². The highest BCUT2D eigenvalue weighted by atomic mass is 16.6. The number of ether oxygens (including phenoxy) is 3. The van der Waals surface area contributed by atoms with E-state index in [0.29, 0.717) is 23.9 Å². The van der Waals surface area contributed by atoms with Gasteiger partial charge in [0.15, 0.2) is 17.6 Å². The summed E-state index contributed by atoms with van der Waals surface area (Å²) in [5.74, 6) is 2.70. The van der Waals surface area contributed by atoms with Crippen LogP contribution < -0.4 is 14.2 Å². The highest BCUT2D eigenvalue weighted by Gasteiger charge is 2.20. The first-order valence-corrected chi connectivity index (χ1v) is 6.12. The highest BCUT2D eigenvalue weighted by molar-refractivity contribution is 5.47. The number of aliphatic hydroxyl groups excluding tert-OH is 1. The van der Waals surface area contributed by atoms with Crippen LogP contribution in [0.4, 0.5) is 0 Å². The first-order chi connectivity index (χ1) is 9.35. The SMILES string of the molecule is OC[C@H]1COc2ccc(Oc3ccccc3)cc2O1. The van der Waals surface area contributed by atoms with E-state index in [-0.39, 0.29) is 12.7 Å². The average Bonchev–Trinajstić information content (AvgIpc) is 2.47. The maximum Gasteiger partial charge on any atom is 0.165 e. The molecule has 0 radical (unpaired) electrons. The number of hydrogen-bond donors (Lipinski definition) is 1. The number of fused-ring (bicyclic) bond motifs is 1. The minimum atomic E-state index is -0.320. The Hall–Kier alpha value is -2.20. The number of hydrogen-bond acceptors (Lipinski definition) is 4. The monoisotopic (exact) mass is 258 g/mol. The maximum absolute atomic E-state index is 9.08. The maximum atomic E-state index is 9.08. The van der Waals surface area contributed by atoms with E-state index in [0.717, 1.165) is 5.75 Å². The second-order valence-corrected chi connectivity index (χ2v) is 4.26. The first kappa shape index (κ1) is 11.9. The van der Waals surface area contributed by atoms with Crippen molar-refractivity contribution in [3.8, 4) is 23.0 Å². The third-order valence-electron chi connectivity index (χ3n) is 2.82. The van der Waals surface area contributed by atoms with Crippen molar-refractivity contribution < 1.29 is 19.3 Å². The third-order valence-corrected chi connectivity index (χ3v) is 2.82. The fourth-order valence-corrected chi connectivity index (χ4v) is 1.87. The van der Waals surface area contributed by atoms with Gasteiger partial charge < -0.3 is 19.3 Å². The van der Waals surface area contributed by atoms with Gasteiger partial charge in [0.25, 0.3) is 0 Å². The molecule has 0 aromatic heterocycles. The van der Waals surface area contributed by atoms with E-state index in [1.807, 2.05) is 36.4 Å². The van der Waals surface area contributed by atoms with Crippen molar-refractivity contribution in [1.82, 2.24) is 0 Å². The second kappa shape index (κ2) is 5.20. The van der Waals surface area contributed by atoms with Crippen LogP contribution >= 0.6 is 0 Å². The first-order valence-electron chi connectivity index (χ1n) is 6.12. The van der Waals surface area contributed by atoms with E-state index in [4.69, 9.17) is 19.3 Å². The lowest BCUT2D eigenvalue weighted by Crippen LogP contribution is -2.32. The van der Waals surface area contributed by atoms with Crippen molar-refractivity contribution >= 4 is 0 Å². The molecule has 0 saturated heterocycles. The number of rotatable bonds is 3. The molecule has 1 aliphatic heterocycles. The molecule has 0 unspecified atom stereocenters. The summed E-state index contributed by atoms with van der Waals surface area (Å²) in [4.78, 5) is 0. The molecule has 0 aliphatic carbocycles. The van der Waals surface area contributed by atoms with E-state index >= 15 is 0 Å². The van der Waals surface area contributed by atoms with Crippen molar-refractivity contribution in [1.29, 1.82) is 0 Å². The van der Waals surface area contributed by atoms with Crippen LogP contribution in [-0.2, 0) is 0 Å². The Morgan fingerprint density at radius 2 is 1.89 bits per heavy atom. The minimum Gasteiger partial charge on any atom is -0.486 e. The van der Waals surface area contributed by atoms with Gasteiger partial charge in [0.2, 0.25) is 0 Å². The lowest BCUT2D eigenvalue weighted by atomic mass is 10.2. The zero-order valence-corrected chi connectivity index (χ0v) is 10.3. The van der Waals surface area contributed by atoms with E-state index in [1.165, 1.54) is 0 Å². The molecule has 1 heterocycles. The highest BCUT2D eigenvalue weighted by Crippen LogP contribution is 2.36. The molecule has 0 spiro atoms. The Kier molecular flexibility index (Phi) is 3.25. The standard InChI is InChI=1S/C15H14O4/c16-9-13-10-17-14-7-6-12(8-15(14)19-13)18-11-4-2-1-3-5-11/h1-8,13,16H,9-10H2/t13-/m0/s1. The lowest BCUT2D eigenvalue weighted by molar-refractivity contribution is 0.0454. The molecule has 1 atom stereocenters. The van der Waals surface area contributed by atoms with Crippen LogP contribution in [-0.4, -0.2) is 24.4 Å². The molecule has 4 heteroatoms. The Balaban J connectivity index is 1.81. The van der Waals surface area contributed by atoms with Crippen molar-refractivity contribution in [2.24, 2.45) is 0 Å². The van der Waals surface area contributed by atoms with Crippen LogP contribution in [0.25, 0.3) is 0 Å². The zero-order valence-electron chi connectivity index (χ0n) is 10.3. The zero-order chi connectivity index (χ0) is 13.1. The quantitative estimate of drug-likeness (QED) is 0.919. The van der Waals surface area contributed by atoms with E-state index < -0.39 is 0 Å². The average molecular weight is 258 g/mol. The van der Waals surface area contributed by atoms with Gasteiger partial charge in [0.05, 0.1) is 6.61 Å². The molecule has 0 fully saturated rings. The van der Waals surface area contributed by atoms with Crippen LogP contribution in [0.15, 0.2) is 48.5 Å².